The molecular weight excluding hydrogens is 228 g/mol. The van der Waals surface area contributed by atoms with Crippen LogP contribution in [0.15, 0.2) is 54.6 Å². The SMILES string of the molecule is CC1CC(CCCc2ccccc2)C2C=CC=CC12. The van der Waals surface area contributed by atoms with Crippen molar-refractivity contribution in [3.63, 3.8) is 0 Å². The predicted octanol–water partition coefficient (Wildman–Crippen LogP) is 5.02. The van der Waals surface area contributed by atoms with Crippen molar-refractivity contribution in [1.82, 2.24) is 0 Å². The minimum atomic E-state index is 0.812. The quantitative estimate of drug-likeness (QED) is 0.705. The van der Waals surface area contributed by atoms with Gasteiger partial charge in [0.1, 0.15) is 0 Å². The number of benzene rings is 1. The molecule has 1 aromatic rings. The highest BCUT2D eigenvalue weighted by molar-refractivity contribution is 5.19. The van der Waals surface area contributed by atoms with E-state index in [0.29, 0.717) is 0 Å². The molecule has 4 atom stereocenters. The maximum atomic E-state index is 2.46. The van der Waals surface area contributed by atoms with Crippen molar-refractivity contribution in [3.8, 4) is 0 Å². The van der Waals surface area contributed by atoms with E-state index in [2.05, 4.69) is 61.6 Å². The highest BCUT2D eigenvalue weighted by Crippen LogP contribution is 2.46. The third-order valence-corrected chi connectivity index (χ3v) is 4.98. The van der Waals surface area contributed by atoms with E-state index < -0.39 is 0 Å². The molecule has 0 bridgehead atoms. The molecule has 100 valence electrons. The second-order valence-corrected chi connectivity index (χ2v) is 6.28. The van der Waals surface area contributed by atoms with Crippen molar-refractivity contribution in [1.29, 1.82) is 0 Å². The van der Waals surface area contributed by atoms with E-state index in [9.17, 15) is 0 Å². The molecule has 0 saturated heterocycles. The first-order chi connectivity index (χ1) is 9.34. The molecule has 1 aromatic carbocycles. The Morgan fingerprint density at radius 1 is 1.00 bits per heavy atom. The van der Waals surface area contributed by atoms with Gasteiger partial charge < -0.3 is 0 Å². The molecule has 0 nitrogen and oxygen atoms in total. The Balaban J connectivity index is 1.53. The molecule has 2 aliphatic rings. The van der Waals surface area contributed by atoms with Crippen LogP contribution in [0.5, 0.6) is 0 Å². The van der Waals surface area contributed by atoms with Crippen molar-refractivity contribution >= 4 is 0 Å². The van der Waals surface area contributed by atoms with Crippen LogP contribution in [0.3, 0.4) is 0 Å². The fourth-order valence-corrected chi connectivity index (χ4v) is 4.00. The van der Waals surface area contributed by atoms with E-state index in [4.69, 9.17) is 0 Å². The second-order valence-electron chi connectivity index (χ2n) is 6.28. The van der Waals surface area contributed by atoms with Crippen LogP contribution in [-0.4, -0.2) is 0 Å². The maximum Gasteiger partial charge on any atom is -0.0136 e. The summed E-state index contributed by atoms with van der Waals surface area (Å²) < 4.78 is 0. The van der Waals surface area contributed by atoms with Gasteiger partial charge in [0, 0.05) is 0 Å². The maximum absolute atomic E-state index is 2.46. The van der Waals surface area contributed by atoms with Gasteiger partial charge in [0.05, 0.1) is 0 Å². The van der Waals surface area contributed by atoms with Crippen molar-refractivity contribution in [2.45, 2.75) is 32.6 Å². The molecule has 1 fully saturated rings. The van der Waals surface area contributed by atoms with Gasteiger partial charge >= 0.3 is 0 Å². The minimum Gasteiger partial charge on any atom is -0.0806 e. The first-order valence-corrected chi connectivity index (χ1v) is 7.73. The standard InChI is InChI=1S/C19H24/c1-15-14-17(19-13-6-5-12-18(15)19)11-7-10-16-8-3-2-4-9-16/h2-6,8-9,12-13,15,17-19H,7,10-11,14H2,1H3. The lowest BCUT2D eigenvalue weighted by atomic mass is 9.82. The zero-order valence-corrected chi connectivity index (χ0v) is 11.8. The molecule has 19 heavy (non-hydrogen) atoms. The smallest absolute Gasteiger partial charge is 0.0136 e. The molecule has 0 heterocycles. The number of rotatable bonds is 4. The Bertz CT molecular complexity index is 454. The van der Waals surface area contributed by atoms with Crippen LogP contribution >= 0.6 is 0 Å². The average molecular weight is 252 g/mol. The Morgan fingerprint density at radius 3 is 2.53 bits per heavy atom. The summed E-state index contributed by atoms with van der Waals surface area (Å²) in [7, 11) is 0. The van der Waals surface area contributed by atoms with E-state index in [-0.39, 0.29) is 0 Å². The summed E-state index contributed by atoms with van der Waals surface area (Å²) in [6.45, 7) is 2.43. The summed E-state index contributed by atoms with van der Waals surface area (Å²) in [6.07, 6.45) is 14.8. The molecule has 0 radical (unpaired) electrons. The molecule has 4 unspecified atom stereocenters. The molecule has 0 amide bonds. The number of hydrogen-bond acceptors (Lipinski definition) is 0. The van der Waals surface area contributed by atoms with Crippen molar-refractivity contribution in [2.75, 3.05) is 0 Å². The fourth-order valence-electron chi connectivity index (χ4n) is 4.00. The van der Waals surface area contributed by atoms with Crippen LogP contribution in [0, 0.1) is 23.7 Å². The summed E-state index contributed by atoms with van der Waals surface area (Å²) in [6, 6.07) is 10.9. The third-order valence-electron chi connectivity index (χ3n) is 4.98. The Hall–Kier alpha value is -1.30. The van der Waals surface area contributed by atoms with Gasteiger partial charge in [-0.3, -0.25) is 0 Å². The molecular formula is C19H24. The molecule has 1 saturated carbocycles. The summed E-state index contributed by atoms with van der Waals surface area (Å²) in [5.74, 6) is 3.40. The van der Waals surface area contributed by atoms with Crippen LogP contribution in [0.2, 0.25) is 0 Å². The zero-order valence-electron chi connectivity index (χ0n) is 11.8. The summed E-state index contributed by atoms with van der Waals surface area (Å²) >= 11 is 0. The topological polar surface area (TPSA) is 0 Å². The van der Waals surface area contributed by atoms with Crippen LogP contribution in [0.1, 0.15) is 31.7 Å². The van der Waals surface area contributed by atoms with Gasteiger partial charge in [0.2, 0.25) is 0 Å². The molecule has 3 rings (SSSR count). The highest BCUT2D eigenvalue weighted by Gasteiger charge is 2.38. The van der Waals surface area contributed by atoms with E-state index in [0.717, 1.165) is 23.7 Å². The minimum absolute atomic E-state index is 0.812. The summed E-state index contributed by atoms with van der Waals surface area (Å²) in [4.78, 5) is 0. The van der Waals surface area contributed by atoms with Gasteiger partial charge in [-0.1, -0.05) is 61.6 Å². The second kappa shape index (κ2) is 5.77. The van der Waals surface area contributed by atoms with Crippen LogP contribution in [-0.2, 0) is 6.42 Å². The first kappa shape index (κ1) is 12.7. The summed E-state index contributed by atoms with van der Waals surface area (Å²) in [5.41, 5.74) is 1.49. The van der Waals surface area contributed by atoms with Gasteiger partial charge in [-0.2, -0.15) is 0 Å². The zero-order chi connectivity index (χ0) is 13.1. The van der Waals surface area contributed by atoms with Gasteiger partial charge in [-0.15, -0.1) is 0 Å². The lowest BCUT2D eigenvalue weighted by molar-refractivity contribution is 0.382. The Morgan fingerprint density at radius 2 is 1.74 bits per heavy atom. The van der Waals surface area contributed by atoms with E-state index in [1.807, 2.05) is 0 Å². The van der Waals surface area contributed by atoms with Crippen LogP contribution in [0.4, 0.5) is 0 Å². The Labute approximate surface area is 117 Å². The average Bonchev–Trinajstić information content (AvgIpc) is 2.78. The monoisotopic (exact) mass is 252 g/mol. The third kappa shape index (κ3) is 2.83. The van der Waals surface area contributed by atoms with Gasteiger partial charge in [-0.25, -0.2) is 0 Å². The first-order valence-electron chi connectivity index (χ1n) is 7.73. The number of hydrogen-bond donors (Lipinski definition) is 0. The fraction of sp³-hybridized carbons (Fsp3) is 0.474. The highest BCUT2D eigenvalue weighted by atomic mass is 14.4. The lowest BCUT2D eigenvalue weighted by Gasteiger charge is -2.22. The van der Waals surface area contributed by atoms with Gasteiger partial charge in [0.25, 0.3) is 0 Å². The van der Waals surface area contributed by atoms with E-state index in [1.54, 1.807) is 0 Å². The molecule has 0 aliphatic heterocycles. The van der Waals surface area contributed by atoms with Crippen LogP contribution in [0.25, 0.3) is 0 Å². The Kier molecular flexibility index (Phi) is 3.87. The number of aryl methyl sites for hydroxylation is 1. The largest absolute Gasteiger partial charge is 0.0806 e. The summed E-state index contributed by atoms with van der Waals surface area (Å²) in [5, 5.41) is 0. The lowest BCUT2D eigenvalue weighted by Crippen LogP contribution is -2.14. The molecule has 0 spiro atoms. The van der Waals surface area contributed by atoms with Crippen molar-refractivity contribution in [2.24, 2.45) is 23.7 Å². The van der Waals surface area contributed by atoms with E-state index >= 15 is 0 Å². The number of allylic oxidation sites excluding steroid dienone is 4. The molecule has 0 N–H and O–H groups in total. The predicted molar refractivity (Wildman–Crippen MR) is 81.9 cm³/mol. The normalized spacial score (nSPS) is 32.5. The van der Waals surface area contributed by atoms with Gasteiger partial charge in [0.15, 0.2) is 0 Å². The van der Waals surface area contributed by atoms with E-state index in [1.165, 1.54) is 31.2 Å². The molecule has 2 aliphatic carbocycles. The van der Waals surface area contributed by atoms with Crippen molar-refractivity contribution in [3.05, 3.63) is 60.2 Å². The van der Waals surface area contributed by atoms with Crippen LogP contribution < -0.4 is 0 Å². The molecule has 0 aromatic heterocycles. The number of fused-ring (bicyclic) bond motifs is 1. The molecule has 0 heteroatoms. The van der Waals surface area contributed by atoms with Gasteiger partial charge in [-0.05, 0) is 54.9 Å². The van der Waals surface area contributed by atoms with Crippen molar-refractivity contribution < 1.29 is 0 Å².